The molecule has 0 amide bonds. The molecule has 3 rings (SSSR count). The van der Waals surface area contributed by atoms with Crippen molar-refractivity contribution in [3.63, 3.8) is 0 Å². The molecule has 0 aromatic heterocycles. The maximum Gasteiger partial charge on any atom is 0.492 e. The van der Waals surface area contributed by atoms with Gasteiger partial charge in [0.25, 0.3) is 0 Å². The number of carbonyl (C=O) groups is 1. The maximum atomic E-state index is 13.3. The van der Waals surface area contributed by atoms with Crippen LogP contribution in [-0.2, 0) is 27.4 Å². The second-order valence-corrected chi connectivity index (χ2v) is 10.9. The third-order valence-corrected chi connectivity index (χ3v) is 7.33. The summed E-state index contributed by atoms with van der Waals surface area (Å²) in [4.78, 5) is 16.6. The number of nitrogens with zero attached hydrogens (tertiary/aromatic N) is 1. The summed E-state index contributed by atoms with van der Waals surface area (Å²) >= 11 is -2.02. The van der Waals surface area contributed by atoms with Crippen molar-refractivity contribution < 1.29 is 32.1 Å². The zero-order chi connectivity index (χ0) is 22.3. The van der Waals surface area contributed by atoms with E-state index < -0.39 is 39.7 Å². The minimum Gasteiger partial charge on any atom is -0.595 e. The molecule has 2 aliphatic rings. The molecule has 1 aromatic rings. The van der Waals surface area contributed by atoms with Gasteiger partial charge in [-0.1, -0.05) is 6.07 Å². The number of benzene rings is 1. The SMILES string of the molecule is COc1ccc2c(c1)CC1(CCNCC1)[C@@H]2N(OC(=O)C(F)(F)F)[S+]([O-])C(C)(C)C. The van der Waals surface area contributed by atoms with Crippen LogP contribution < -0.4 is 10.1 Å². The van der Waals surface area contributed by atoms with Crippen molar-refractivity contribution in [2.24, 2.45) is 5.41 Å². The topological polar surface area (TPSA) is 73.9 Å². The quantitative estimate of drug-likeness (QED) is 0.562. The Morgan fingerprint density at radius 3 is 2.43 bits per heavy atom. The number of alkyl halides is 3. The van der Waals surface area contributed by atoms with Gasteiger partial charge < -0.3 is 19.4 Å². The molecule has 1 heterocycles. The van der Waals surface area contributed by atoms with Gasteiger partial charge in [0.15, 0.2) is 0 Å². The van der Waals surface area contributed by atoms with Crippen molar-refractivity contribution >= 4 is 17.3 Å². The van der Waals surface area contributed by atoms with E-state index in [1.807, 2.05) is 6.07 Å². The van der Waals surface area contributed by atoms with Crippen molar-refractivity contribution in [1.29, 1.82) is 0 Å². The Labute approximate surface area is 177 Å². The number of nitrogens with one attached hydrogen (secondary N) is 1. The molecular weight excluding hydrogens is 421 g/mol. The molecule has 1 aliphatic carbocycles. The van der Waals surface area contributed by atoms with Crippen molar-refractivity contribution in [3.8, 4) is 5.75 Å². The van der Waals surface area contributed by atoms with E-state index in [2.05, 4.69) is 5.32 Å². The zero-order valence-electron chi connectivity index (χ0n) is 17.5. The predicted molar refractivity (Wildman–Crippen MR) is 106 cm³/mol. The Balaban J connectivity index is 2.11. The fourth-order valence-corrected chi connectivity index (χ4v) is 5.44. The Kier molecular flexibility index (Phi) is 6.35. The summed E-state index contributed by atoms with van der Waals surface area (Å²) < 4.78 is 57.7. The number of hydrogen-bond donors (Lipinski definition) is 1. The van der Waals surface area contributed by atoms with Gasteiger partial charge in [0, 0.05) is 5.41 Å². The van der Waals surface area contributed by atoms with E-state index in [-0.39, 0.29) is 0 Å². The van der Waals surface area contributed by atoms with E-state index in [0.29, 0.717) is 43.7 Å². The predicted octanol–water partition coefficient (Wildman–Crippen LogP) is 3.45. The van der Waals surface area contributed by atoms with Crippen LogP contribution in [0.2, 0.25) is 0 Å². The molecule has 2 atom stereocenters. The number of fused-ring (bicyclic) bond motifs is 1. The van der Waals surface area contributed by atoms with Crippen molar-refractivity contribution in [2.45, 2.75) is 57.0 Å². The molecular formula is C20H27F3N2O4S. The molecule has 0 saturated carbocycles. The second-order valence-electron chi connectivity index (χ2n) is 8.78. The minimum atomic E-state index is -5.19. The number of hydroxylamine groups is 1. The molecule has 1 fully saturated rings. The van der Waals surface area contributed by atoms with Gasteiger partial charge in [-0.25, -0.2) is 4.79 Å². The van der Waals surface area contributed by atoms with Gasteiger partial charge in [-0.3, -0.25) is 0 Å². The van der Waals surface area contributed by atoms with E-state index in [1.165, 1.54) is 0 Å². The summed E-state index contributed by atoms with van der Waals surface area (Å²) in [5.41, 5.74) is 1.11. The molecule has 168 valence electrons. The molecule has 1 aliphatic heterocycles. The fraction of sp³-hybridized carbons (Fsp3) is 0.650. The second kappa shape index (κ2) is 8.22. The fourth-order valence-electron chi connectivity index (χ4n) is 4.23. The Bertz CT molecular complexity index is 791. The Morgan fingerprint density at radius 2 is 1.90 bits per heavy atom. The lowest BCUT2D eigenvalue weighted by molar-refractivity contribution is -0.232. The highest BCUT2D eigenvalue weighted by Gasteiger charge is 2.57. The van der Waals surface area contributed by atoms with Crippen LogP contribution in [0.5, 0.6) is 5.75 Å². The van der Waals surface area contributed by atoms with Crippen LogP contribution in [0.3, 0.4) is 0 Å². The lowest BCUT2D eigenvalue weighted by atomic mass is 9.73. The highest BCUT2D eigenvalue weighted by molar-refractivity contribution is 7.90. The van der Waals surface area contributed by atoms with Gasteiger partial charge in [0.1, 0.15) is 16.5 Å². The summed E-state index contributed by atoms with van der Waals surface area (Å²) in [6.07, 6.45) is -3.32. The normalized spacial score (nSPS) is 22.1. The zero-order valence-corrected chi connectivity index (χ0v) is 18.3. The summed E-state index contributed by atoms with van der Waals surface area (Å²) in [7, 11) is 1.54. The van der Waals surface area contributed by atoms with Crippen molar-refractivity contribution in [1.82, 2.24) is 9.79 Å². The first-order valence-corrected chi connectivity index (χ1v) is 10.9. The van der Waals surface area contributed by atoms with Crippen LogP contribution in [0.15, 0.2) is 18.2 Å². The van der Waals surface area contributed by atoms with E-state index in [9.17, 15) is 22.5 Å². The number of rotatable bonds is 4. The van der Waals surface area contributed by atoms with Gasteiger partial charge in [-0.15, -0.1) is 0 Å². The number of methoxy groups -OCH3 is 1. The van der Waals surface area contributed by atoms with Gasteiger partial charge in [0.05, 0.1) is 22.9 Å². The third-order valence-electron chi connectivity index (χ3n) is 5.67. The first-order valence-electron chi connectivity index (χ1n) is 9.77. The number of carbonyl (C=O) groups excluding carboxylic acids is 1. The van der Waals surface area contributed by atoms with Gasteiger partial charge in [0.2, 0.25) is 0 Å². The van der Waals surface area contributed by atoms with Crippen molar-refractivity contribution in [3.05, 3.63) is 29.3 Å². The lowest BCUT2D eigenvalue weighted by Crippen LogP contribution is -2.52. The molecule has 6 nitrogen and oxygen atoms in total. The molecule has 1 saturated heterocycles. The van der Waals surface area contributed by atoms with Gasteiger partial charge in [-0.2, -0.15) is 13.2 Å². The van der Waals surface area contributed by atoms with E-state index in [0.717, 1.165) is 10.0 Å². The molecule has 0 bridgehead atoms. The van der Waals surface area contributed by atoms with Gasteiger partial charge in [-0.05, 0) is 76.4 Å². The number of halogens is 3. The highest BCUT2D eigenvalue weighted by Crippen LogP contribution is 2.56. The molecule has 1 N–H and O–H groups in total. The summed E-state index contributed by atoms with van der Waals surface area (Å²) in [6.45, 7) is 6.25. The number of piperidine rings is 1. The maximum absolute atomic E-state index is 13.3. The Morgan fingerprint density at radius 1 is 1.27 bits per heavy atom. The van der Waals surface area contributed by atoms with E-state index in [4.69, 9.17) is 9.57 Å². The van der Waals surface area contributed by atoms with Crippen LogP contribution >= 0.6 is 0 Å². The lowest BCUT2D eigenvalue weighted by Gasteiger charge is -2.44. The van der Waals surface area contributed by atoms with E-state index >= 15 is 0 Å². The minimum absolute atomic E-state index is 0.507. The van der Waals surface area contributed by atoms with Crippen LogP contribution in [0.4, 0.5) is 13.2 Å². The van der Waals surface area contributed by atoms with Crippen LogP contribution in [0.1, 0.15) is 50.8 Å². The number of ether oxygens (including phenoxy) is 1. The highest BCUT2D eigenvalue weighted by atomic mass is 32.2. The monoisotopic (exact) mass is 448 g/mol. The number of hydrogen-bond acceptors (Lipinski definition) is 6. The Hall–Kier alpha value is -1.49. The average Bonchev–Trinajstić information content (AvgIpc) is 2.96. The molecule has 1 unspecified atom stereocenters. The van der Waals surface area contributed by atoms with Gasteiger partial charge >= 0.3 is 12.1 Å². The summed E-state index contributed by atoms with van der Waals surface area (Å²) in [5.74, 6) is -1.74. The van der Waals surface area contributed by atoms with Crippen LogP contribution in [-0.4, -0.2) is 46.1 Å². The van der Waals surface area contributed by atoms with Crippen LogP contribution in [0.25, 0.3) is 0 Å². The summed E-state index contributed by atoms with van der Waals surface area (Å²) in [5, 5.41) is 3.26. The van der Waals surface area contributed by atoms with E-state index in [1.54, 1.807) is 40.0 Å². The van der Waals surface area contributed by atoms with Crippen molar-refractivity contribution in [2.75, 3.05) is 20.2 Å². The molecule has 1 aromatic carbocycles. The molecule has 0 radical (unpaired) electrons. The first-order chi connectivity index (χ1) is 13.9. The molecule has 1 spiro atoms. The average molecular weight is 449 g/mol. The standard InChI is InChI=1S/C20H27F3N2O4S/c1-18(2,3)30(27)25(29-17(26)20(21,22)23)16-15-6-5-14(28-4)11-13(15)12-19(16)7-9-24-10-8-19/h5-6,11,16,24H,7-10,12H2,1-4H3/t16-,30?/m1/s1. The largest absolute Gasteiger partial charge is 0.595 e. The molecule has 30 heavy (non-hydrogen) atoms. The summed E-state index contributed by atoms with van der Waals surface area (Å²) in [6, 6.07) is 4.58. The smallest absolute Gasteiger partial charge is 0.492 e. The third kappa shape index (κ3) is 4.42. The molecule has 10 heteroatoms. The van der Waals surface area contributed by atoms with Crippen LogP contribution in [0, 0.1) is 5.41 Å². The first kappa shape index (κ1) is 23.2.